The predicted octanol–water partition coefficient (Wildman–Crippen LogP) is 1.97. The summed E-state index contributed by atoms with van der Waals surface area (Å²) in [6, 6.07) is 0. The molecule has 0 spiro atoms. The lowest BCUT2D eigenvalue weighted by Crippen LogP contribution is -2.29. The maximum atomic E-state index is 12.7. The molecule has 2 heterocycles. The van der Waals surface area contributed by atoms with Crippen LogP contribution in [0.5, 0.6) is 0 Å². The van der Waals surface area contributed by atoms with Gasteiger partial charge in [-0.1, -0.05) is 13.8 Å². The van der Waals surface area contributed by atoms with Crippen molar-refractivity contribution in [3.8, 4) is 0 Å². The van der Waals surface area contributed by atoms with Crippen molar-refractivity contribution in [3.63, 3.8) is 0 Å². The molecule has 1 saturated heterocycles. The van der Waals surface area contributed by atoms with Crippen molar-refractivity contribution < 1.29 is 13.2 Å². The number of carbonyl (C=O) groups excluding carboxylic acids is 1. The molecule has 1 aromatic rings. The topological polar surface area (TPSA) is 72.3 Å². The molecule has 0 bridgehead atoms. The fraction of sp³-hybridized carbons (Fsp3) is 0.714. The fourth-order valence-corrected chi connectivity index (χ4v) is 4.61. The van der Waals surface area contributed by atoms with Crippen molar-refractivity contribution in [2.45, 2.75) is 51.9 Å². The van der Waals surface area contributed by atoms with E-state index in [-0.39, 0.29) is 16.7 Å². The molecule has 0 saturated carbocycles. The van der Waals surface area contributed by atoms with Crippen LogP contribution in [0.25, 0.3) is 0 Å². The minimum absolute atomic E-state index is 0.159. The first-order chi connectivity index (χ1) is 9.75. The molecular weight excluding hydrogens is 290 g/mol. The van der Waals surface area contributed by atoms with Gasteiger partial charge in [-0.05, 0) is 32.6 Å². The highest BCUT2D eigenvalue weighted by molar-refractivity contribution is 7.89. The van der Waals surface area contributed by atoms with Crippen LogP contribution in [-0.2, 0) is 10.0 Å². The molecule has 1 aliphatic rings. The van der Waals surface area contributed by atoms with Crippen LogP contribution in [0.4, 0.5) is 0 Å². The van der Waals surface area contributed by atoms with E-state index in [1.807, 2.05) is 13.8 Å². The zero-order valence-corrected chi connectivity index (χ0v) is 13.9. The molecule has 0 amide bonds. The lowest BCUT2D eigenvalue weighted by atomic mass is 10.1. The molecule has 1 aliphatic heterocycles. The number of sulfonamides is 1. The monoisotopic (exact) mass is 313 g/mol. The van der Waals surface area contributed by atoms with Crippen LogP contribution < -0.4 is 0 Å². The highest BCUT2D eigenvalue weighted by Gasteiger charge is 2.33. The van der Waals surface area contributed by atoms with E-state index in [2.05, 4.69) is 5.10 Å². The normalized spacial score (nSPS) is 16.8. The molecule has 0 radical (unpaired) electrons. The molecule has 21 heavy (non-hydrogen) atoms. The number of nitrogens with zero attached hydrogens (tertiary/aromatic N) is 3. The lowest BCUT2D eigenvalue weighted by molar-refractivity contribution is 0.0867. The minimum atomic E-state index is -3.54. The van der Waals surface area contributed by atoms with E-state index in [4.69, 9.17) is 0 Å². The summed E-state index contributed by atoms with van der Waals surface area (Å²) < 4.78 is 28.1. The van der Waals surface area contributed by atoms with Crippen LogP contribution >= 0.6 is 0 Å². The molecule has 118 valence electrons. The van der Waals surface area contributed by atoms with E-state index in [1.165, 1.54) is 8.99 Å². The first kappa shape index (κ1) is 16.2. The van der Waals surface area contributed by atoms with Crippen LogP contribution in [0.1, 0.15) is 49.3 Å². The van der Waals surface area contributed by atoms with Crippen molar-refractivity contribution >= 4 is 15.9 Å². The van der Waals surface area contributed by atoms with Gasteiger partial charge in [0.1, 0.15) is 4.90 Å². The Morgan fingerprint density at radius 3 is 2.33 bits per heavy atom. The Bertz CT molecular complexity index is 641. The summed E-state index contributed by atoms with van der Waals surface area (Å²) in [5.74, 6) is 0.0496. The molecule has 1 aromatic heterocycles. The maximum absolute atomic E-state index is 12.7. The van der Waals surface area contributed by atoms with Crippen LogP contribution in [0, 0.1) is 19.8 Å². The van der Waals surface area contributed by atoms with Gasteiger partial charge in [0.2, 0.25) is 15.9 Å². The lowest BCUT2D eigenvalue weighted by Gasteiger charge is -2.15. The van der Waals surface area contributed by atoms with E-state index in [0.29, 0.717) is 30.9 Å². The Morgan fingerprint density at radius 1 is 1.24 bits per heavy atom. The summed E-state index contributed by atoms with van der Waals surface area (Å²) in [6.45, 7) is 8.30. The van der Waals surface area contributed by atoms with Crippen molar-refractivity contribution in [2.24, 2.45) is 5.92 Å². The standard InChI is InChI=1S/C14H23N3O3S/c1-10(2)9-13(18)17-12(4)14(11(3)15-17)21(19,20)16-7-5-6-8-16/h10H,5-9H2,1-4H3. The molecule has 0 unspecified atom stereocenters. The van der Waals surface area contributed by atoms with E-state index in [1.54, 1.807) is 13.8 Å². The van der Waals surface area contributed by atoms with E-state index in [0.717, 1.165) is 12.8 Å². The molecular formula is C14H23N3O3S. The second-order valence-corrected chi connectivity index (χ2v) is 7.89. The average Bonchev–Trinajstić information content (AvgIpc) is 2.96. The van der Waals surface area contributed by atoms with Crippen LogP contribution in [-0.4, -0.2) is 41.5 Å². The summed E-state index contributed by atoms with van der Waals surface area (Å²) in [7, 11) is -3.54. The van der Waals surface area contributed by atoms with Crippen molar-refractivity contribution in [1.82, 2.24) is 14.1 Å². The van der Waals surface area contributed by atoms with Gasteiger partial charge in [0.25, 0.3) is 0 Å². The zero-order chi connectivity index (χ0) is 15.8. The summed E-state index contributed by atoms with van der Waals surface area (Å²) >= 11 is 0. The third-order valence-electron chi connectivity index (χ3n) is 3.71. The number of rotatable bonds is 4. The minimum Gasteiger partial charge on any atom is -0.273 e. The molecule has 0 aromatic carbocycles. The van der Waals surface area contributed by atoms with Crippen LogP contribution in [0.2, 0.25) is 0 Å². The largest absolute Gasteiger partial charge is 0.273 e. The van der Waals surface area contributed by atoms with Crippen molar-refractivity contribution in [2.75, 3.05) is 13.1 Å². The Balaban J connectivity index is 2.42. The highest BCUT2D eigenvalue weighted by Crippen LogP contribution is 2.26. The van der Waals surface area contributed by atoms with Crippen LogP contribution in [0.3, 0.4) is 0 Å². The van der Waals surface area contributed by atoms with E-state index in [9.17, 15) is 13.2 Å². The van der Waals surface area contributed by atoms with Crippen molar-refractivity contribution in [1.29, 1.82) is 0 Å². The quantitative estimate of drug-likeness (QED) is 0.852. The predicted molar refractivity (Wildman–Crippen MR) is 79.8 cm³/mol. The van der Waals surface area contributed by atoms with E-state index < -0.39 is 10.0 Å². The average molecular weight is 313 g/mol. The zero-order valence-electron chi connectivity index (χ0n) is 13.1. The number of aromatic nitrogens is 2. The first-order valence-electron chi connectivity index (χ1n) is 7.34. The molecule has 0 N–H and O–H groups in total. The SMILES string of the molecule is Cc1nn(C(=O)CC(C)C)c(C)c1S(=O)(=O)N1CCCC1. The Labute approximate surface area is 126 Å². The van der Waals surface area contributed by atoms with Crippen LogP contribution in [0.15, 0.2) is 4.90 Å². The summed E-state index contributed by atoms with van der Waals surface area (Å²) in [5, 5.41) is 4.16. The number of aryl methyl sites for hydroxylation is 1. The number of carbonyl (C=O) groups is 1. The van der Waals surface area contributed by atoms with Gasteiger partial charge in [0.15, 0.2) is 0 Å². The summed E-state index contributed by atoms with van der Waals surface area (Å²) in [4.78, 5) is 12.4. The Morgan fingerprint density at radius 2 is 1.81 bits per heavy atom. The molecule has 2 rings (SSSR count). The molecule has 0 aliphatic carbocycles. The third kappa shape index (κ3) is 3.03. The highest BCUT2D eigenvalue weighted by atomic mass is 32.2. The van der Waals surface area contributed by atoms with Gasteiger partial charge >= 0.3 is 0 Å². The van der Waals surface area contributed by atoms with Gasteiger partial charge in [-0.3, -0.25) is 4.79 Å². The van der Waals surface area contributed by atoms with Gasteiger partial charge < -0.3 is 0 Å². The first-order valence-corrected chi connectivity index (χ1v) is 8.78. The Hall–Kier alpha value is -1.21. The molecule has 1 fully saturated rings. The maximum Gasteiger partial charge on any atom is 0.247 e. The van der Waals surface area contributed by atoms with Gasteiger partial charge in [-0.2, -0.15) is 9.40 Å². The van der Waals surface area contributed by atoms with Crippen molar-refractivity contribution in [3.05, 3.63) is 11.4 Å². The number of hydrogen-bond donors (Lipinski definition) is 0. The molecule has 7 heteroatoms. The summed E-state index contributed by atoms with van der Waals surface area (Å²) in [5.41, 5.74) is 0.821. The van der Waals surface area contributed by atoms with Gasteiger partial charge in [-0.15, -0.1) is 0 Å². The summed E-state index contributed by atoms with van der Waals surface area (Å²) in [6.07, 6.45) is 2.13. The second-order valence-electron chi connectivity index (χ2n) is 6.01. The number of hydrogen-bond acceptors (Lipinski definition) is 4. The van der Waals surface area contributed by atoms with E-state index >= 15 is 0 Å². The molecule has 0 atom stereocenters. The molecule has 6 nitrogen and oxygen atoms in total. The Kier molecular flexibility index (Phi) is 4.53. The smallest absolute Gasteiger partial charge is 0.247 e. The second kappa shape index (κ2) is 5.88. The fourth-order valence-electron chi connectivity index (χ4n) is 2.74. The van der Waals surface area contributed by atoms with Gasteiger partial charge in [0, 0.05) is 19.5 Å². The third-order valence-corrected chi connectivity index (χ3v) is 5.86. The van der Waals surface area contributed by atoms with Gasteiger partial charge in [0.05, 0.1) is 11.4 Å². The van der Waals surface area contributed by atoms with Gasteiger partial charge in [-0.25, -0.2) is 13.1 Å².